The lowest BCUT2D eigenvalue weighted by atomic mass is 10.2. The first kappa shape index (κ1) is 12.8. The van der Waals surface area contributed by atoms with Crippen LogP contribution >= 0.6 is 0 Å². The second-order valence-electron chi connectivity index (χ2n) is 4.67. The molecule has 2 aliphatic rings. The minimum Gasteiger partial charge on any atom is -0.353 e. The molecule has 2 saturated heterocycles. The van der Waals surface area contributed by atoms with Crippen LogP contribution in [0.2, 0.25) is 0 Å². The first-order valence-corrected chi connectivity index (χ1v) is 6.11. The molecule has 1 unspecified atom stereocenters. The molecule has 0 aromatic rings. The van der Waals surface area contributed by atoms with E-state index in [4.69, 9.17) is 0 Å². The molecule has 1 atom stereocenters. The number of carbonyl (C=O) groups is 3. The van der Waals surface area contributed by atoms with Crippen LogP contribution in [0.25, 0.3) is 0 Å². The van der Waals surface area contributed by atoms with Crippen LogP contribution in [0.1, 0.15) is 6.42 Å². The zero-order valence-electron chi connectivity index (χ0n) is 10.4. The van der Waals surface area contributed by atoms with Gasteiger partial charge in [0.15, 0.2) is 0 Å². The maximum atomic E-state index is 12.2. The summed E-state index contributed by atoms with van der Waals surface area (Å²) in [6, 6.07) is -0.418. The lowest BCUT2D eigenvalue weighted by Gasteiger charge is -2.28. The summed E-state index contributed by atoms with van der Waals surface area (Å²) in [5.41, 5.74) is 0. The molecule has 2 fully saturated rings. The van der Waals surface area contributed by atoms with Crippen LogP contribution in [0.5, 0.6) is 0 Å². The van der Waals surface area contributed by atoms with Crippen LogP contribution in [0.4, 0.5) is 0 Å². The minimum absolute atomic E-state index is 0.0410. The highest BCUT2D eigenvalue weighted by Crippen LogP contribution is 2.05. The van der Waals surface area contributed by atoms with Gasteiger partial charge in [-0.25, -0.2) is 0 Å². The van der Waals surface area contributed by atoms with Gasteiger partial charge in [-0.1, -0.05) is 0 Å². The van der Waals surface area contributed by atoms with E-state index in [1.807, 2.05) is 0 Å². The number of hydrogen-bond donors (Lipinski definition) is 2. The molecule has 0 aromatic carbocycles. The van der Waals surface area contributed by atoms with Gasteiger partial charge < -0.3 is 15.1 Å². The van der Waals surface area contributed by atoms with Crippen LogP contribution in [-0.2, 0) is 14.4 Å². The molecule has 7 nitrogen and oxygen atoms in total. The molecule has 0 bridgehead atoms. The van der Waals surface area contributed by atoms with E-state index in [9.17, 15) is 14.4 Å². The third-order valence-electron chi connectivity index (χ3n) is 3.30. The fourth-order valence-corrected chi connectivity index (χ4v) is 2.14. The van der Waals surface area contributed by atoms with Crippen molar-refractivity contribution in [1.82, 2.24) is 20.4 Å². The van der Waals surface area contributed by atoms with Crippen molar-refractivity contribution in [3.05, 3.63) is 0 Å². The molecule has 2 heterocycles. The van der Waals surface area contributed by atoms with Crippen LogP contribution in [0, 0.1) is 0 Å². The number of hydrogen-bond acceptors (Lipinski definition) is 4. The predicted molar refractivity (Wildman–Crippen MR) is 63.6 cm³/mol. The highest BCUT2D eigenvalue weighted by molar-refractivity contribution is 5.90. The van der Waals surface area contributed by atoms with Gasteiger partial charge >= 0.3 is 0 Å². The Kier molecular flexibility index (Phi) is 3.81. The summed E-state index contributed by atoms with van der Waals surface area (Å²) >= 11 is 0. The van der Waals surface area contributed by atoms with Crippen molar-refractivity contribution in [1.29, 1.82) is 0 Å². The van der Waals surface area contributed by atoms with E-state index < -0.39 is 6.04 Å². The Hall–Kier alpha value is -1.63. The summed E-state index contributed by atoms with van der Waals surface area (Å²) in [6.07, 6.45) is 0.785. The maximum Gasteiger partial charge on any atom is 0.242 e. The molecule has 100 valence electrons. The summed E-state index contributed by atoms with van der Waals surface area (Å²) < 4.78 is 0. The van der Waals surface area contributed by atoms with Crippen molar-refractivity contribution in [2.24, 2.45) is 0 Å². The van der Waals surface area contributed by atoms with Crippen molar-refractivity contribution < 1.29 is 14.4 Å². The van der Waals surface area contributed by atoms with Gasteiger partial charge in [-0.15, -0.1) is 0 Å². The minimum atomic E-state index is -0.418. The largest absolute Gasteiger partial charge is 0.353 e. The van der Waals surface area contributed by atoms with Crippen LogP contribution < -0.4 is 10.6 Å². The van der Waals surface area contributed by atoms with E-state index >= 15 is 0 Å². The smallest absolute Gasteiger partial charge is 0.242 e. The van der Waals surface area contributed by atoms with E-state index in [1.165, 1.54) is 0 Å². The van der Waals surface area contributed by atoms with Crippen LogP contribution in [0.3, 0.4) is 0 Å². The average molecular weight is 254 g/mol. The molecule has 0 spiro atoms. The number of rotatable bonds is 1. The number of piperazine rings is 1. The second-order valence-corrected chi connectivity index (χ2v) is 4.67. The van der Waals surface area contributed by atoms with Gasteiger partial charge in [0.1, 0.15) is 6.04 Å². The Bertz CT molecular complexity index is 361. The number of amides is 3. The van der Waals surface area contributed by atoms with Gasteiger partial charge in [-0.3, -0.25) is 19.7 Å². The number of likely N-dealkylation sites (N-methyl/N-ethyl adjacent to an activating group) is 1. The van der Waals surface area contributed by atoms with Gasteiger partial charge in [0.05, 0.1) is 13.1 Å². The van der Waals surface area contributed by atoms with E-state index in [2.05, 4.69) is 10.6 Å². The molecule has 18 heavy (non-hydrogen) atoms. The summed E-state index contributed by atoms with van der Waals surface area (Å²) in [6.45, 7) is 1.83. The molecule has 2 N–H and O–H groups in total. The lowest BCUT2D eigenvalue weighted by Crippen LogP contribution is -2.59. The summed E-state index contributed by atoms with van der Waals surface area (Å²) in [7, 11) is 1.75. The van der Waals surface area contributed by atoms with Crippen molar-refractivity contribution >= 4 is 17.7 Å². The maximum absolute atomic E-state index is 12.2. The number of carbonyl (C=O) groups excluding carboxylic acids is 3. The first-order valence-electron chi connectivity index (χ1n) is 6.11. The van der Waals surface area contributed by atoms with E-state index in [0.29, 0.717) is 13.1 Å². The van der Waals surface area contributed by atoms with Gasteiger partial charge in [0.25, 0.3) is 0 Å². The Morgan fingerprint density at radius 1 is 1.33 bits per heavy atom. The topological polar surface area (TPSA) is 81.8 Å². The van der Waals surface area contributed by atoms with Gasteiger partial charge in [0.2, 0.25) is 17.7 Å². The third kappa shape index (κ3) is 2.79. The molecular weight excluding hydrogens is 236 g/mol. The lowest BCUT2D eigenvalue weighted by molar-refractivity contribution is -0.140. The molecule has 3 amide bonds. The quantitative estimate of drug-likeness (QED) is 0.554. The number of nitrogens with zero attached hydrogens (tertiary/aromatic N) is 2. The molecule has 2 aliphatic heterocycles. The highest BCUT2D eigenvalue weighted by atomic mass is 16.2. The van der Waals surface area contributed by atoms with Crippen molar-refractivity contribution in [2.75, 3.05) is 39.8 Å². The monoisotopic (exact) mass is 254 g/mol. The molecular formula is C11H18N4O3. The fraction of sp³-hybridized carbons (Fsp3) is 0.727. The van der Waals surface area contributed by atoms with E-state index in [-0.39, 0.29) is 37.4 Å². The first-order chi connectivity index (χ1) is 8.58. The van der Waals surface area contributed by atoms with Crippen molar-refractivity contribution in [3.63, 3.8) is 0 Å². The fourth-order valence-electron chi connectivity index (χ4n) is 2.14. The van der Waals surface area contributed by atoms with Crippen molar-refractivity contribution in [2.45, 2.75) is 12.5 Å². The Morgan fingerprint density at radius 3 is 2.78 bits per heavy atom. The SMILES string of the molecule is CN1CCCN(C(=O)C2CNC(=O)CN2)CC1=O. The highest BCUT2D eigenvalue weighted by Gasteiger charge is 2.30. The summed E-state index contributed by atoms with van der Waals surface area (Å²) in [5, 5.41) is 5.53. The average Bonchev–Trinajstić information content (AvgIpc) is 2.52. The van der Waals surface area contributed by atoms with Crippen LogP contribution in [-0.4, -0.2) is 73.3 Å². The second kappa shape index (κ2) is 5.34. The Morgan fingerprint density at radius 2 is 2.11 bits per heavy atom. The zero-order chi connectivity index (χ0) is 13.1. The molecule has 0 saturated carbocycles. The zero-order valence-corrected chi connectivity index (χ0v) is 10.4. The van der Waals surface area contributed by atoms with Crippen molar-refractivity contribution in [3.8, 4) is 0 Å². The third-order valence-corrected chi connectivity index (χ3v) is 3.30. The molecule has 0 aliphatic carbocycles. The van der Waals surface area contributed by atoms with Gasteiger partial charge in [0, 0.05) is 26.7 Å². The van der Waals surface area contributed by atoms with E-state index in [0.717, 1.165) is 6.42 Å². The number of nitrogens with one attached hydrogen (secondary N) is 2. The van der Waals surface area contributed by atoms with E-state index in [1.54, 1.807) is 16.8 Å². The Labute approximate surface area is 105 Å². The Balaban J connectivity index is 1.95. The summed E-state index contributed by atoms with van der Waals surface area (Å²) in [5.74, 6) is -0.259. The molecule has 0 aromatic heterocycles. The molecule has 7 heteroatoms. The molecule has 2 rings (SSSR count). The normalized spacial score (nSPS) is 25.7. The van der Waals surface area contributed by atoms with Crippen LogP contribution in [0.15, 0.2) is 0 Å². The molecule has 0 radical (unpaired) electrons. The standard InChI is InChI=1S/C11H18N4O3/c1-14-3-2-4-15(7-10(14)17)11(18)8-5-13-9(16)6-12-8/h8,12H,2-7H2,1H3,(H,13,16). The predicted octanol–water partition coefficient (Wildman–Crippen LogP) is -2.23. The van der Waals surface area contributed by atoms with Gasteiger partial charge in [-0.05, 0) is 6.42 Å². The summed E-state index contributed by atoms with van der Waals surface area (Å²) in [4.78, 5) is 38.1. The van der Waals surface area contributed by atoms with Gasteiger partial charge in [-0.2, -0.15) is 0 Å².